The summed E-state index contributed by atoms with van der Waals surface area (Å²) in [6, 6.07) is 3.36. The van der Waals surface area contributed by atoms with Gasteiger partial charge in [0.25, 0.3) is 5.56 Å². The lowest BCUT2D eigenvalue weighted by atomic mass is 10.0. The molecule has 4 aromatic rings. The van der Waals surface area contributed by atoms with Gasteiger partial charge >= 0.3 is 5.69 Å². The van der Waals surface area contributed by atoms with Crippen LogP contribution in [0.25, 0.3) is 33.2 Å². The first-order chi connectivity index (χ1) is 15.1. The van der Waals surface area contributed by atoms with Crippen molar-refractivity contribution in [1.29, 1.82) is 0 Å². The van der Waals surface area contributed by atoms with E-state index in [4.69, 9.17) is 10.1 Å². The molecule has 0 unspecified atom stereocenters. The molecule has 1 aliphatic rings. The molecule has 5 heterocycles. The number of nitrogens with one attached hydrogen (secondary N) is 2. The predicted octanol–water partition coefficient (Wildman–Crippen LogP) is 0.179. The third-order valence-electron chi connectivity index (χ3n) is 5.72. The zero-order valence-corrected chi connectivity index (χ0v) is 16.4. The van der Waals surface area contributed by atoms with Crippen molar-refractivity contribution in [3.05, 3.63) is 51.6 Å². The predicted molar refractivity (Wildman–Crippen MR) is 111 cm³/mol. The van der Waals surface area contributed by atoms with E-state index in [-0.39, 0.29) is 17.3 Å². The van der Waals surface area contributed by atoms with Gasteiger partial charge in [-0.25, -0.2) is 9.78 Å². The standard InChI is InChI=1S/C20H19N7O4/c28-10-16(29)26-5-3-12(4-6-26)27-18-13(19(30)25-20(27)31)9-21-15-2-1-14(24-17(15)18)11-7-22-23-8-11/h1-2,7-9,12,28H,3-6,10H2,(H,22,23)(H,25,30,31). The largest absolute Gasteiger partial charge is 0.387 e. The summed E-state index contributed by atoms with van der Waals surface area (Å²) in [5.74, 6) is -0.335. The molecule has 0 radical (unpaired) electrons. The van der Waals surface area contributed by atoms with Crippen molar-refractivity contribution in [2.75, 3.05) is 19.7 Å². The van der Waals surface area contributed by atoms with E-state index in [9.17, 15) is 14.4 Å². The number of aliphatic hydroxyl groups is 1. The van der Waals surface area contributed by atoms with Gasteiger partial charge in [-0.3, -0.25) is 29.2 Å². The normalized spacial score (nSPS) is 15.1. The first-order valence-corrected chi connectivity index (χ1v) is 9.89. The number of aromatic amines is 2. The Morgan fingerprint density at radius 1 is 1.19 bits per heavy atom. The number of carbonyl (C=O) groups excluding carboxylic acids is 1. The molecule has 11 heteroatoms. The average Bonchev–Trinajstić information content (AvgIpc) is 3.33. The number of fused-ring (bicyclic) bond motifs is 3. The molecule has 1 saturated heterocycles. The molecule has 0 spiro atoms. The highest BCUT2D eigenvalue weighted by Crippen LogP contribution is 2.28. The maximum atomic E-state index is 12.9. The molecule has 3 N–H and O–H groups in total. The van der Waals surface area contributed by atoms with E-state index in [0.717, 1.165) is 5.56 Å². The maximum absolute atomic E-state index is 12.9. The fourth-order valence-electron chi connectivity index (χ4n) is 4.16. The van der Waals surface area contributed by atoms with Crippen LogP contribution >= 0.6 is 0 Å². The molecule has 1 amide bonds. The summed E-state index contributed by atoms with van der Waals surface area (Å²) in [5.41, 5.74) is 1.81. The Kier molecular flexibility index (Phi) is 4.59. The number of hydrogen-bond acceptors (Lipinski definition) is 7. The number of H-pyrrole nitrogens is 2. The number of amides is 1. The number of hydrogen-bond donors (Lipinski definition) is 3. The third kappa shape index (κ3) is 3.19. The Hall–Kier alpha value is -3.86. The third-order valence-corrected chi connectivity index (χ3v) is 5.72. The molecule has 0 bridgehead atoms. The summed E-state index contributed by atoms with van der Waals surface area (Å²) in [7, 11) is 0. The van der Waals surface area contributed by atoms with Gasteiger partial charge in [0.15, 0.2) is 0 Å². The summed E-state index contributed by atoms with van der Waals surface area (Å²) >= 11 is 0. The van der Waals surface area contributed by atoms with E-state index < -0.39 is 17.9 Å². The van der Waals surface area contributed by atoms with Crippen LogP contribution in [0, 0.1) is 0 Å². The van der Waals surface area contributed by atoms with Crippen LogP contribution in [0.1, 0.15) is 18.9 Å². The zero-order valence-electron chi connectivity index (χ0n) is 16.4. The molecule has 5 rings (SSSR count). The monoisotopic (exact) mass is 421 g/mol. The topological polar surface area (TPSA) is 150 Å². The van der Waals surface area contributed by atoms with Crippen LogP contribution in [-0.4, -0.2) is 65.3 Å². The fourth-order valence-corrected chi connectivity index (χ4v) is 4.16. The van der Waals surface area contributed by atoms with Crippen molar-refractivity contribution in [3.63, 3.8) is 0 Å². The number of nitrogens with zero attached hydrogens (tertiary/aromatic N) is 5. The lowest BCUT2D eigenvalue weighted by molar-refractivity contribution is -0.135. The van der Waals surface area contributed by atoms with E-state index in [1.165, 1.54) is 6.20 Å². The van der Waals surface area contributed by atoms with Crippen LogP contribution < -0.4 is 11.2 Å². The summed E-state index contributed by atoms with van der Waals surface area (Å²) in [4.78, 5) is 50.3. The highest BCUT2D eigenvalue weighted by atomic mass is 16.3. The van der Waals surface area contributed by atoms with Crippen LogP contribution in [0.2, 0.25) is 0 Å². The zero-order chi connectivity index (χ0) is 21.5. The SMILES string of the molecule is O=C(CO)N1CCC(n2c(=O)[nH]c(=O)c3cnc4ccc(-c5cn[nH]c5)nc4c32)CC1. The van der Waals surface area contributed by atoms with Crippen LogP contribution in [0.3, 0.4) is 0 Å². The van der Waals surface area contributed by atoms with Gasteiger partial charge in [-0.15, -0.1) is 0 Å². The van der Waals surface area contributed by atoms with Gasteiger partial charge in [-0.1, -0.05) is 0 Å². The van der Waals surface area contributed by atoms with Gasteiger partial charge < -0.3 is 10.0 Å². The van der Waals surface area contributed by atoms with Crippen molar-refractivity contribution in [3.8, 4) is 11.3 Å². The van der Waals surface area contributed by atoms with E-state index in [2.05, 4.69) is 20.2 Å². The average molecular weight is 421 g/mol. The Labute approximate surface area is 174 Å². The van der Waals surface area contributed by atoms with Gasteiger partial charge in [-0.2, -0.15) is 5.10 Å². The van der Waals surface area contributed by atoms with Crippen molar-refractivity contribution in [1.82, 2.24) is 34.6 Å². The molecule has 0 saturated carbocycles. The van der Waals surface area contributed by atoms with Crippen LogP contribution in [0.15, 0.2) is 40.3 Å². The molecule has 0 aliphatic carbocycles. The maximum Gasteiger partial charge on any atom is 0.329 e. The van der Waals surface area contributed by atoms with Gasteiger partial charge in [0.2, 0.25) is 5.91 Å². The van der Waals surface area contributed by atoms with E-state index >= 15 is 0 Å². The summed E-state index contributed by atoms with van der Waals surface area (Å²) in [6.07, 6.45) is 5.83. The minimum absolute atomic E-state index is 0.237. The number of aromatic nitrogens is 6. The van der Waals surface area contributed by atoms with E-state index in [1.807, 2.05) is 0 Å². The van der Waals surface area contributed by atoms with E-state index in [0.29, 0.717) is 48.2 Å². The summed E-state index contributed by atoms with van der Waals surface area (Å²) in [6.45, 7) is 0.283. The van der Waals surface area contributed by atoms with Crippen molar-refractivity contribution < 1.29 is 9.90 Å². The molecule has 31 heavy (non-hydrogen) atoms. The first-order valence-electron chi connectivity index (χ1n) is 9.89. The molecule has 158 valence electrons. The molecular formula is C20H19N7O4. The second-order valence-electron chi connectivity index (χ2n) is 7.47. The minimum Gasteiger partial charge on any atom is -0.387 e. The molecule has 0 aromatic carbocycles. The molecule has 11 nitrogen and oxygen atoms in total. The Bertz CT molecular complexity index is 1400. The quantitative estimate of drug-likeness (QED) is 0.399. The number of rotatable bonds is 3. The van der Waals surface area contributed by atoms with Crippen LogP contribution in [0.4, 0.5) is 0 Å². The molecule has 4 aromatic heterocycles. The van der Waals surface area contributed by atoms with Gasteiger partial charge in [-0.05, 0) is 25.0 Å². The van der Waals surface area contributed by atoms with Crippen LogP contribution in [0.5, 0.6) is 0 Å². The van der Waals surface area contributed by atoms with Gasteiger partial charge in [0.1, 0.15) is 12.1 Å². The molecular weight excluding hydrogens is 402 g/mol. The van der Waals surface area contributed by atoms with Gasteiger partial charge in [0.05, 0.1) is 28.3 Å². The Morgan fingerprint density at radius 3 is 2.71 bits per heavy atom. The van der Waals surface area contributed by atoms with Gasteiger partial charge in [0, 0.05) is 37.1 Å². The number of pyridine rings is 2. The Morgan fingerprint density at radius 2 is 2.00 bits per heavy atom. The number of likely N-dealkylation sites (tertiary alicyclic amines) is 1. The highest BCUT2D eigenvalue weighted by Gasteiger charge is 2.26. The summed E-state index contributed by atoms with van der Waals surface area (Å²) < 4.78 is 1.56. The minimum atomic E-state index is -0.538. The first kappa shape index (κ1) is 19.1. The highest BCUT2D eigenvalue weighted by molar-refractivity contribution is 6.01. The van der Waals surface area contributed by atoms with Crippen molar-refractivity contribution in [2.45, 2.75) is 18.9 Å². The van der Waals surface area contributed by atoms with E-state index in [1.54, 1.807) is 34.0 Å². The fraction of sp³-hybridized carbons (Fsp3) is 0.300. The lowest BCUT2D eigenvalue weighted by Gasteiger charge is -2.33. The number of piperidine rings is 1. The second kappa shape index (κ2) is 7.43. The second-order valence-corrected chi connectivity index (χ2v) is 7.47. The van der Waals surface area contributed by atoms with Crippen molar-refractivity contribution in [2.24, 2.45) is 0 Å². The molecule has 1 aliphatic heterocycles. The Balaban J connectivity index is 1.71. The number of aliphatic hydroxyl groups excluding tert-OH is 1. The summed E-state index contributed by atoms with van der Waals surface area (Å²) in [5, 5.41) is 16.1. The molecule has 0 atom stereocenters. The van der Waals surface area contributed by atoms with Crippen LogP contribution in [-0.2, 0) is 4.79 Å². The smallest absolute Gasteiger partial charge is 0.329 e. The van der Waals surface area contributed by atoms with Crippen molar-refractivity contribution >= 4 is 27.8 Å². The number of carbonyl (C=O) groups is 1. The molecule has 1 fully saturated rings. The lowest BCUT2D eigenvalue weighted by Crippen LogP contribution is -2.43.